The highest BCUT2D eigenvalue weighted by molar-refractivity contribution is 6.01. The van der Waals surface area contributed by atoms with E-state index in [1.54, 1.807) is 40.0 Å². The Kier molecular flexibility index (Phi) is 21.0. The third kappa shape index (κ3) is 18.0. The van der Waals surface area contributed by atoms with Crippen LogP contribution in [0.1, 0.15) is 122 Å². The molecule has 1 heterocycles. The number of carbonyl (C=O) groups is 7. The number of methoxy groups -OCH3 is 1. The Morgan fingerprint density at radius 2 is 1.67 bits per heavy atom. The second-order valence-corrected chi connectivity index (χ2v) is 17.1. The molecule has 340 valence electrons. The van der Waals surface area contributed by atoms with Crippen LogP contribution in [0.4, 0.5) is 0 Å². The maximum absolute atomic E-state index is 13.6. The summed E-state index contributed by atoms with van der Waals surface area (Å²) in [5, 5.41) is 17.1. The Morgan fingerprint density at radius 3 is 2.25 bits per heavy atom. The molecule has 1 aromatic heterocycles. The molecule has 1 unspecified atom stereocenters. The van der Waals surface area contributed by atoms with Crippen LogP contribution in [-0.4, -0.2) is 105 Å². The first-order chi connectivity index (χ1) is 28.6. The topological polar surface area (TPSA) is 278 Å². The number of Topliss-reactive ketones (excluding diaryl/α,β-unsaturated/α-hetero) is 1. The maximum atomic E-state index is 13.6. The van der Waals surface area contributed by atoms with E-state index in [1.165, 1.54) is 18.5 Å². The molecule has 4 amide bonds. The van der Waals surface area contributed by atoms with Gasteiger partial charge in [0.2, 0.25) is 17.7 Å². The van der Waals surface area contributed by atoms with Gasteiger partial charge in [-0.3, -0.25) is 34.2 Å². The summed E-state index contributed by atoms with van der Waals surface area (Å²) >= 11 is 0. The monoisotopic (exact) mass is 857 g/mol. The zero-order valence-electron chi connectivity index (χ0n) is 37.2. The lowest BCUT2D eigenvalue weighted by atomic mass is 9.95. The summed E-state index contributed by atoms with van der Waals surface area (Å²) in [6.45, 7) is 14.7. The highest BCUT2D eigenvalue weighted by atomic mass is 16.6. The number of aromatic nitrogens is 2. The molecule has 18 nitrogen and oxygen atoms in total. The molecule has 0 aliphatic carbocycles. The molecule has 0 saturated carbocycles. The number of amides is 4. The number of hydrogen-bond acceptors (Lipinski definition) is 13. The van der Waals surface area contributed by atoms with Crippen molar-refractivity contribution in [3.05, 3.63) is 47.5 Å². The van der Waals surface area contributed by atoms with Gasteiger partial charge in [-0.2, -0.15) is 0 Å². The minimum atomic E-state index is -1.12. The van der Waals surface area contributed by atoms with Crippen LogP contribution in [0, 0.1) is 17.8 Å². The van der Waals surface area contributed by atoms with Crippen molar-refractivity contribution in [1.29, 1.82) is 0 Å². The molecular formula is C43H68N8O10. The SMILES string of the molecule is CC[C@H](C)[C@H](N)C(=O)N(NC(=O)CCCCC(C)CNC(=O)[C@H](Cc1c[nH]cn1)NC(=O)[C@@H](N)Cc1ccc(C(=O)OC(C)(C)C)c(O)c1)[C@@H](CC(C)C)C(=O)CC(=O)OC. The first-order valence-electron chi connectivity index (χ1n) is 20.9. The number of nitrogens with two attached hydrogens (primary N) is 2. The number of unbranched alkanes of at least 4 members (excludes halogenated alkanes) is 1. The first-order valence-corrected chi connectivity index (χ1v) is 20.9. The lowest BCUT2D eigenvalue weighted by molar-refractivity contribution is -0.153. The van der Waals surface area contributed by atoms with Gasteiger partial charge in [-0.25, -0.2) is 14.8 Å². The number of phenolic OH excluding ortho intramolecular Hbond substituents is 1. The van der Waals surface area contributed by atoms with E-state index in [-0.39, 0.29) is 61.3 Å². The normalized spacial score (nSPS) is 14.4. The van der Waals surface area contributed by atoms with Gasteiger partial charge < -0.3 is 41.7 Å². The number of hydrogen-bond donors (Lipinski definition) is 7. The van der Waals surface area contributed by atoms with Gasteiger partial charge in [0.25, 0.3) is 5.91 Å². The Bertz CT molecular complexity index is 1780. The van der Waals surface area contributed by atoms with Crippen molar-refractivity contribution in [2.75, 3.05) is 13.7 Å². The van der Waals surface area contributed by atoms with Crippen LogP contribution >= 0.6 is 0 Å². The summed E-state index contributed by atoms with van der Waals surface area (Å²) in [7, 11) is 1.16. The minimum Gasteiger partial charge on any atom is -0.507 e. The lowest BCUT2D eigenvalue weighted by Gasteiger charge is -2.34. The standard InChI is InChI=1S/C43H68N8O10/c1-10-27(5)38(45)41(58)51(33(17-25(2)3)35(53)21-37(55)60-9)50-36(54)14-12-11-13-26(4)22-47-40(57)32(20-29-23-46-24-48-29)49-39(56)31(44)18-28-15-16-30(34(52)19-28)42(59)61-43(6,7)8/h15-16,19,23-27,31-33,38,52H,10-14,17-18,20-22,44-45H2,1-9H3,(H,46,48)(H,47,57)(H,49,56)(H,50,54)/t26?,27-,31-,32-,33-,38-/m0/s1. The fourth-order valence-electron chi connectivity index (χ4n) is 6.23. The van der Waals surface area contributed by atoms with E-state index in [1.807, 2.05) is 27.7 Å². The zero-order valence-corrected chi connectivity index (χ0v) is 37.2. The van der Waals surface area contributed by atoms with Gasteiger partial charge >= 0.3 is 11.9 Å². The molecule has 2 aromatic rings. The van der Waals surface area contributed by atoms with Crippen LogP contribution in [0.2, 0.25) is 0 Å². The number of benzene rings is 1. The smallest absolute Gasteiger partial charge is 0.342 e. The van der Waals surface area contributed by atoms with Gasteiger partial charge in [0, 0.05) is 25.6 Å². The fraction of sp³-hybridized carbons (Fsp3) is 0.628. The molecule has 6 atom stereocenters. The Labute approximate surface area is 359 Å². The molecule has 1 aromatic carbocycles. The number of H-pyrrole nitrogens is 1. The van der Waals surface area contributed by atoms with Crippen molar-refractivity contribution >= 4 is 41.4 Å². The fourth-order valence-corrected chi connectivity index (χ4v) is 6.23. The van der Waals surface area contributed by atoms with Gasteiger partial charge in [-0.1, -0.05) is 53.5 Å². The zero-order chi connectivity index (χ0) is 46.0. The third-order valence-corrected chi connectivity index (χ3v) is 10.00. The summed E-state index contributed by atoms with van der Waals surface area (Å²) in [6.07, 6.45) is 5.07. The number of nitrogens with zero attached hydrogens (tertiary/aromatic N) is 2. The van der Waals surface area contributed by atoms with Crippen molar-refractivity contribution in [3.8, 4) is 5.75 Å². The molecule has 0 radical (unpaired) electrons. The summed E-state index contributed by atoms with van der Waals surface area (Å²) in [4.78, 5) is 98.2. The second-order valence-electron chi connectivity index (χ2n) is 17.1. The van der Waals surface area contributed by atoms with Crippen molar-refractivity contribution in [2.45, 2.75) is 143 Å². The van der Waals surface area contributed by atoms with Gasteiger partial charge in [-0.15, -0.1) is 0 Å². The van der Waals surface area contributed by atoms with Crippen molar-refractivity contribution < 1.29 is 48.1 Å². The van der Waals surface area contributed by atoms with Crippen molar-refractivity contribution in [3.63, 3.8) is 0 Å². The number of aromatic hydroxyl groups is 1. The quantitative estimate of drug-likeness (QED) is 0.0347. The highest BCUT2D eigenvalue weighted by Gasteiger charge is 2.36. The first kappa shape index (κ1) is 51.8. The van der Waals surface area contributed by atoms with E-state index in [0.717, 1.165) is 12.1 Å². The third-order valence-electron chi connectivity index (χ3n) is 10.00. The van der Waals surface area contributed by atoms with Crippen molar-refractivity contribution in [1.82, 2.24) is 31.0 Å². The van der Waals surface area contributed by atoms with E-state index < -0.39 is 77.5 Å². The number of nitrogens with one attached hydrogen (secondary N) is 4. The van der Waals surface area contributed by atoms with Crippen LogP contribution < -0.4 is 27.5 Å². The Balaban J connectivity index is 2.01. The van der Waals surface area contributed by atoms with Crippen LogP contribution in [0.25, 0.3) is 0 Å². The summed E-state index contributed by atoms with van der Waals surface area (Å²) in [5.74, 6) is -4.82. The average molecular weight is 857 g/mol. The molecular weight excluding hydrogens is 789 g/mol. The number of ketones is 1. The molecule has 61 heavy (non-hydrogen) atoms. The number of phenols is 1. The molecule has 0 aliphatic rings. The summed E-state index contributed by atoms with van der Waals surface area (Å²) < 4.78 is 9.99. The molecule has 9 N–H and O–H groups in total. The lowest BCUT2D eigenvalue weighted by Crippen LogP contribution is -2.60. The molecule has 0 bridgehead atoms. The minimum absolute atomic E-state index is 0.00573. The number of esters is 2. The molecule has 2 rings (SSSR count). The average Bonchev–Trinajstić information content (AvgIpc) is 3.71. The number of carbonyl (C=O) groups excluding carboxylic acids is 7. The molecule has 18 heteroatoms. The summed E-state index contributed by atoms with van der Waals surface area (Å²) in [5.41, 5.74) is 15.4. The largest absolute Gasteiger partial charge is 0.507 e. The van der Waals surface area contributed by atoms with Crippen molar-refractivity contribution in [2.24, 2.45) is 29.2 Å². The van der Waals surface area contributed by atoms with E-state index in [0.29, 0.717) is 36.9 Å². The molecule has 0 fully saturated rings. The Morgan fingerprint density at radius 1 is 0.984 bits per heavy atom. The van der Waals surface area contributed by atoms with E-state index in [4.69, 9.17) is 16.2 Å². The molecule has 0 aliphatic heterocycles. The van der Waals surface area contributed by atoms with Crippen LogP contribution in [0.5, 0.6) is 5.75 Å². The predicted octanol–water partition coefficient (Wildman–Crippen LogP) is 2.76. The van der Waals surface area contributed by atoms with Gasteiger partial charge in [0.05, 0.1) is 31.2 Å². The highest BCUT2D eigenvalue weighted by Crippen LogP contribution is 2.23. The van der Waals surface area contributed by atoms with E-state index >= 15 is 0 Å². The predicted molar refractivity (Wildman–Crippen MR) is 227 cm³/mol. The molecule has 0 saturated heterocycles. The Hall–Kier alpha value is -5.36. The maximum Gasteiger partial charge on any atom is 0.342 e. The second kappa shape index (κ2) is 24.8. The number of aromatic amines is 1. The number of imidazole rings is 1. The van der Waals surface area contributed by atoms with E-state index in [9.17, 15) is 38.7 Å². The number of rotatable bonds is 24. The van der Waals surface area contributed by atoms with Crippen LogP contribution in [0.3, 0.4) is 0 Å². The van der Waals surface area contributed by atoms with Gasteiger partial charge in [0.1, 0.15) is 35.4 Å². The van der Waals surface area contributed by atoms with Gasteiger partial charge in [-0.05, 0) is 81.9 Å². The van der Waals surface area contributed by atoms with Crippen LogP contribution in [-0.2, 0) is 51.1 Å². The number of hydrazine groups is 1. The van der Waals surface area contributed by atoms with Gasteiger partial charge in [0.15, 0.2) is 5.78 Å². The molecule has 0 spiro atoms. The van der Waals surface area contributed by atoms with E-state index in [2.05, 4.69) is 30.8 Å². The number of ether oxygens (including phenoxy) is 2. The van der Waals surface area contributed by atoms with Crippen LogP contribution in [0.15, 0.2) is 30.7 Å². The summed E-state index contributed by atoms with van der Waals surface area (Å²) in [6, 6.07) is 0.0906.